The molecule has 1 heterocycles. The van der Waals surface area contributed by atoms with Crippen LogP contribution in [0.3, 0.4) is 0 Å². The minimum absolute atomic E-state index is 0.0341. The van der Waals surface area contributed by atoms with Crippen molar-refractivity contribution in [2.45, 2.75) is 25.9 Å². The van der Waals surface area contributed by atoms with Crippen LogP contribution >= 0.6 is 0 Å². The highest BCUT2D eigenvalue weighted by molar-refractivity contribution is 6.55. The zero-order valence-corrected chi connectivity index (χ0v) is 22.1. The SMILES string of the molecule is CCCc1ccc(N2C(=O)C(=NNc3cccc(-c4cccc(OC(=O)O)c4)c3O)c3ccc(C(F)(F)F)cc32)cc1. The fraction of sp³-hybridized carbons (Fsp3) is 0.129. The van der Waals surface area contributed by atoms with Crippen LogP contribution in [-0.4, -0.2) is 28.0 Å². The second-order valence-electron chi connectivity index (χ2n) is 9.46. The van der Waals surface area contributed by atoms with E-state index >= 15 is 0 Å². The Morgan fingerprint density at radius 2 is 1.71 bits per heavy atom. The van der Waals surface area contributed by atoms with Crippen molar-refractivity contribution in [3.63, 3.8) is 0 Å². The third-order valence-electron chi connectivity index (χ3n) is 6.63. The monoisotopic (exact) mass is 575 g/mol. The number of nitrogens with one attached hydrogen (secondary N) is 1. The van der Waals surface area contributed by atoms with Crippen molar-refractivity contribution in [1.29, 1.82) is 0 Å². The zero-order chi connectivity index (χ0) is 30.0. The average Bonchev–Trinajstić information content (AvgIpc) is 3.22. The highest BCUT2D eigenvalue weighted by Gasteiger charge is 2.39. The van der Waals surface area contributed by atoms with E-state index in [0.29, 0.717) is 16.8 Å². The van der Waals surface area contributed by atoms with Gasteiger partial charge in [-0.1, -0.05) is 49.7 Å². The van der Waals surface area contributed by atoms with Gasteiger partial charge in [0, 0.05) is 16.8 Å². The summed E-state index contributed by atoms with van der Waals surface area (Å²) in [5, 5.41) is 24.1. The Kier molecular flexibility index (Phi) is 7.58. The van der Waals surface area contributed by atoms with Crippen LogP contribution in [0.25, 0.3) is 11.1 Å². The van der Waals surface area contributed by atoms with Gasteiger partial charge in [-0.3, -0.25) is 15.1 Å². The smallest absolute Gasteiger partial charge is 0.505 e. The summed E-state index contributed by atoms with van der Waals surface area (Å²) in [4.78, 5) is 25.7. The first-order valence-corrected chi connectivity index (χ1v) is 12.9. The van der Waals surface area contributed by atoms with Crippen molar-refractivity contribution in [1.82, 2.24) is 0 Å². The average molecular weight is 576 g/mol. The molecule has 0 saturated carbocycles. The summed E-state index contributed by atoms with van der Waals surface area (Å²) in [6.45, 7) is 2.03. The van der Waals surface area contributed by atoms with Gasteiger partial charge in [0.25, 0.3) is 5.91 Å². The molecule has 214 valence electrons. The molecule has 11 heteroatoms. The maximum absolute atomic E-state index is 13.6. The molecule has 0 saturated heterocycles. The molecule has 0 aromatic heterocycles. The Balaban J connectivity index is 1.52. The van der Waals surface area contributed by atoms with Crippen LogP contribution in [0.5, 0.6) is 11.5 Å². The molecule has 0 radical (unpaired) electrons. The second kappa shape index (κ2) is 11.3. The molecular formula is C31H24F3N3O5. The summed E-state index contributed by atoms with van der Waals surface area (Å²) in [7, 11) is 0. The number of aromatic hydroxyl groups is 1. The first-order valence-electron chi connectivity index (χ1n) is 12.9. The van der Waals surface area contributed by atoms with E-state index in [9.17, 15) is 27.9 Å². The summed E-state index contributed by atoms with van der Waals surface area (Å²) < 4.78 is 45.4. The summed E-state index contributed by atoms with van der Waals surface area (Å²) in [5.74, 6) is -0.850. The highest BCUT2D eigenvalue weighted by Crippen LogP contribution is 2.41. The molecule has 4 aromatic carbocycles. The molecule has 8 nitrogen and oxygen atoms in total. The van der Waals surface area contributed by atoms with Gasteiger partial charge in [-0.05, 0) is 66.1 Å². The minimum atomic E-state index is -4.62. The van der Waals surface area contributed by atoms with Crippen molar-refractivity contribution in [2.75, 3.05) is 10.3 Å². The molecule has 0 unspecified atom stereocenters. The topological polar surface area (TPSA) is 111 Å². The van der Waals surface area contributed by atoms with Crippen molar-refractivity contribution in [2.24, 2.45) is 5.10 Å². The number of hydrazone groups is 1. The molecule has 0 aliphatic carbocycles. The van der Waals surface area contributed by atoms with E-state index in [1.807, 2.05) is 19.1 Å². The molecule has 0 spiro atoms. The molecule has 1 aliphatic heterocycles. The van der Waals surface area contributed by atoms with E-state index in [2.05, 4.69) is 15.3 Å². The quantitative estimate of drug-likeness (QED) is 0.0907. The number of hydrogen-bond donors (Lipinski definition) is 3. The molecule has 42 heavy (non-hydrogen) atoms. The van der Waals surface area contributed by atoms with Crippen molar-refractivity contribution in [3.05, 3.63) is 102 Å². The third-order valence-corrected chi connectivity index (χ3v) is 6.63. The number of phenolic OH excluding ortho intramolecular Hbond substituents is 1. The van der Waals surface area contributed by atoms with Gasteiger partial charge >= 0.3 is 12.3 Å². The summed E-state index contributed by atoms with van der Waals surface area (Å²) in [5.41, 5.74) is 4.13. The summed E-state index contributed by atoms with van der Waals surface area (Å²) in [6, 6.07) is 20.8. The summed E-state index contributed by atoms with van der Waals surface area (Å²) in [6.07, 6.45) is -4.37. The van der Waals surface area contributed by atoms with E-state index in [1.165, 1.54) is 29.2 Å². The fourth-order valence-corrected chi connectivity index (χ4v) is 4.70. The Labute approximate surface area is 238 Å². The number of carbonyl (C=O) groups excluding carboxylic acids is 1. The molecular weight excluding hydrogens is 551 g/mol. The van der Waals surface area contributed by atoms with Gasteiger partial charge in [0.05, 0.1) is 16.9 Å². The molecule has 0 fully saturated rings. The Bertz CT molecular complexity index is 1700. The number of benzene rings is 4. The third kappa shape index (κ3) is 5.62. The number of fused-ring (bicyclic) bond motifs is 1. The van der Waals surface area contributed by atoms with Crippen LogP contribution in [0, 0.1) is 0 Å². The highest BCUT2D eigenvalue weighted by atomic mass is 19.4. The first-order chi connectivity index (χ1) is 20.1. The van der Waals surface area contributed by atoms with Crippen molar-refractivity contribution in [3.8, 4) is 22.6 Å². The molecule has 5 rings (SSSR count). The lowest BCUT2D eigenvalue weighted by Gasteiger charge is -2.18. The normalized spacial score (nSPS) is 13.8. The number of nitrogens with zero attached hydrogens (tertiary/aromatic N) is 2. The van der Waals surface area contributed by atoms with E-state index in [0.717, 1.165) is 30.5 Å². The maximum atomic E-state index is 13.6. The second-order valence-corrected chi connectivity index (χ2v) is 9.46. The number of alkyl halides is 3. The van der Waals surface area contributed by atoms with Gasteiger partial charge in [-0.15, -0.1) is 0 Å². The van der Waals surface area contributed by atoms with Crippen LogP contribution in [-0.2, 0) is 17.4 Å². The lowest BCUT2D eigenvalue weighted by atomic mass is 10.0. The Hall–Kier alpha value is -5.32. The largest absolute Gasteiger partial charge is 0.511 e. The predicted molar refractivity (Wildman–Crippen MR) is 151 cm³/mol. The van der Waals surface area contributed by atoms with Gasteiger partial charge in [0.2, 0.25) is 0 Å². The number of rotatable bonds is 7. The number of phenols is 1. The molecule has 0 bridgehead atoms. The van der Waals surface area contributed by atoms with Crippen LogP contribution in [0.1, 0.15) is 30.0 Å². The molecule has 4 aromatic rings. The number of halogens is 3. The number of aryl methyl sites for hydroxylation is 1. The number of carboxylic acid groups (broad SMARTS) is 1. The van der Waals surface area contributed by atoms with Gasteiger partial charge in [0.1, 0.15) is 11.5 Å². The number of amides is 1. The van der Waals surface area contributed by atoms with E-state index in [4.69, 9.17) is 5.11 Å². The Morgan fingerprint density at radius 1 is 0.976 bits per heavy atom. The standard InChI is InChI=1S/C31H24F3N3O5/c1-2-5-18-10-13-21(14-11-18)37-26-17-20(31(32,33)34)12-15-24(26)27(29(37)39)36-35-25-9-4-8-23(28(25)38)19-6-3-7-22(16-19)42-30(40)41/h3-4,6-17,35,38H,2,5H2,1H3,(H,40,41). The predicted octanol–water partition coefficient (Wildman–Crippen LogP) is 7.58. The Morgan fingerprint density at radius 3 is 2.40 bits per heavy atom. The van der Waals surface area contributed by atoms with E-state index in [1.54, 1.807) is 36.4 Å². The van der Waals surface area contributed by atoms with Crippen LogP contribution in [0.2, 0.25) is 0 Å². The van der Waals surface area contributed by atoms with E-state index < -0.39 is 23.8 Å². The summed E-state index contributed by atoms with van der Waals surface area (Å²) >= 11 is 0. The number of ether oxygens (including phenoxy) is 1. The van der Waals surface area contributed by atoms with Gasteiger partial charge < -0.3 is 14.9 Å². The number of hydrogen-bond acceptors (Lipinski definition) is 6. The lowest BCUT2D eigenvalue weighted by molar-refractivity contribution is -0.137. The van der Waals surface area contributed by atoms with Gasteiger partial charge in [-0.2, -0.15) is 18.3 Å². The number of carbonyl (C=O) groups is 2. The lowest BCUT2D eigenvalue weighted by Crippen LogP contribution is -2.26. The van der Waals surface area contributed by atoms with Gasteiger partial charge in [0.15, 0.2) is 5.71 Å². The molecule has 0 atom stereocenters. The fourth-order valence-electron chi connectivity index (χ4n) is 4.70. The van der Waals surface area contributed by atoms with Crippen LogP contribution in [0.15, 0.2) is 90.0 Å². The van der Waals surface area contributed by atoms with Crippen molar-refractivity contribution >= 4 is 34.8 Å². The maximum Gasteiger partial charge on any atom is 0.511 e. The van der Waals surface area contributed by atoms with E-state index in [-0.39, 0.29) is 34.1 Å². The molecule has 1 amide bonds. The van der Waals surface area contributed by atoms with Gasteiger partial charge in [-0.25, -0.2) is 4.79 Å². The van der Waals surface area contributed by atoms with Crippen molar-refractivity contribution < 1.29 is 37.7 Å². The number of para-hydroxylation sites is 1. The molecule has 1 aliphatic rings. The first kappa shape index (κ1) is 28.2. The van der Waals surface area contributed by atoms with Crippen LogP contribution in [0.4, 0.5) is 35.0 Å². The zero-order valence-electron chi connectivity index (χ0n) is 22.1. The number of anilines is 3. The van der Waals surface area contributed by atoms with Crippen LogP contribution < -0.4 is 15.1 Å². The molecule has 3 N–H and O–H groups in total. The minimum Gasteiger partial charge on any atom is -0.505 e.